The van der Waals surface area contributed by atoms with E-state index < -0.39 is 10.8 Å². The molecule has 0 saturated carbocycles. The molecule has 0 fully saturated rings. The Balaban J connectivity index is 0.667. The molecule has 104 heavy (non-hydrogen) atoms. The third kappa shape index (κ3) is 8.30. The Bertz CT molecular complexity index is 6360. The summed E-state index contributed by atoms with van der Waals surface area (Å²) in [6.07, 6.45) is 5.37. The highest BCUT2D eigenvalue weighted by Crippen LogP contribution is 2.65. The molecule has 0 saturated heterocycles. The Morgan fingerprint density at radius 1 is 0.260 bits per heavy atom. The SMILES string of the molecule is CC1(C)c2ccccc2-c2ccc(-c3nc(-c4ccccc4)nc(-c4ccc5c(c4)Oc4cc(-c6ccc(-c7nc(-c8ccc9c(c8)Oc8ccccc8C98c9ccccc9-c9ccccc98)nc(-c8cc9c%10c(cccc%10c8)CC=C9)n7)cc6)ccc4C54c5ccccc5-c5ccccc54)n3)cc21. The lowest BCUT2D eigenvalue weighted by molar-refractivity contribution is 0.436. The Hall–Kier alpha value is -13.3. The van der Waals surface area contributed by atoms with E-state index in [0.717, 1.165) is 107 Å². The Kier molecular flexibility index (Phi) is 12.3. The number of aromatic nitrogens is 6. The molecule has 14 aromatic carbocycles. The lowest BCUT2D eigenvalue weighted by atomic mass is 9.66. The Morgan fingerprint density at radius 3 is 1.20 bits per heavy atom. The maximum Gasteiger partial charge on any atom is 0.164 e. The largest absolute Gasteiger partial charge is 0.457 e. The summed E-state index contributed by atoms with van der Waals surface area (Å²) < 4.78 is 14.4. The van der Waals surface area contributed by atoms with Gasteiger partial charge in [0, 0.05) is 61.0 Å². The number of fused-ring (bicyclic) bond motifs is 21. The molecule has 486 valence electrons. The fraction of sp³-hybridized carbons (Fsp3) is 0.0625. The van der Waals surface area contributed by atoms with Gasteiger partial charge >= 0.3 is 0 Å². The van der Waals surface area contributed by atoms with E-state index in [9.17, 15) is 0 Å². The van der Waals surface area contributed by atoms with Gasteiger partial charge < -0.3 is 9.47 Å². The molecule has 4 heterocycles. The fourth-order valence-corrected chi connectivity index (χ4v) is 18.3. The van der Waals surface area contributed by atoms with Gasteiger partial charge in [-0.1, -0.05) is 287 Å². The van der Waals surface area contributed by atoms with Crippen LogP contribution in [0.4, 0.5) is 0 Å². The first kappa shape index (κ1) is 58.5. The standard InChI is InChI=1S/C96H60N6O2/c1-94(2)73-31-11-6-26-67(73)72-46-42-63(52-82(72)94)90-97-88(58-20-4-3-5-21-58)98-91(101-90)65-45-49-81-86(55-65)104-84-53-60(43-47-79(84)96(81)76-34-14-9-29-70(76)71-30-10-15-35-77(71)96)56-38-40-59(41-39-56)89-99-92(102-93(100-89)66-50-61-24-18-22-57-23-19-25-62(51-66)87(57)61)64-44-48-80-85(54-64)103-83-37-17-16-36-78(83)95(80)74-32-12-7-27-68(74)69-28-8-13-33-75(69)95/h3-22,24-55H,23H2,1-2H3. The van der Waals surface area contributed by atoms with Crippen LogP contribution in [0.1, 0.15) is 80.6 Å². The van der Waals surface area contributed by atoms with Crippen LogP contribution in [0.5, 0.6) is 23.0 Å². The summed E-state index contributed by atoms with van der Waals surface area (Å²) in [6.45, 7) is 4.61. The van der Waals surface area contributed by atoms with Gasteiger partial charge in [-0.05, 0) is 149 Å². The Labute approximate surface area is 601 Å². The van der Waals surface area contributed by atoms with Gasteiger partial charge in [0.15, 0.2) is 34.9 Å². The average Bonchev–Trinajstić information content (AvgIpc) is 1.51. The number of allylic oxidation sites excluding steroid dienone is 1. The van der Waals surface area contributed by atoms with E-state index in [1.807, 2.05) is 18.2 Å². The first-order chi connectivity index (χ1) is 51.2. The minimum absolute atomic E-state index is 0.204. The molecule has 2 aliphatic heterocycles. The second-order valence-electron chi connectivity index (χ2n) is 28.7. The summed E-state index contributed by atoms with van der Waals surface area (Å²) in [5.74, 6) is 6.50. The minimum Gasteiger partial charge on any atom is -0.457 e. The molecule has 0 N–H and O–H groups in total. The molecule has 2 spiro atoms. The van der Waals surface area contributed by atoms with Gasteiger partial charge in [0.05, 0.1) is 10.8 Å². The molecule has 0 bridgehead atoms. The second-order valence-corrected chi connectivity index (χ2v) is 28.7. The molecule has 22 rings (SSSR count). The summed E-state index contributed by atoms with van der Waals surface area (Å²) in [4.78, 5) is 32.1. The third-order valence-electron chi connectivity index (χ3n) is 22.9. The molecule has 16 aromatic rings. The second kappa shape index (κ2) is 21.9. The van der Waals surface area contributed by atoms with Gasteiger partial charge in [0.25, 0.3) is 0 Å². The molecular formula is C96H60N6O2. The summed E-state index contributed by atoms with van der Waals surface area (Å²) in [6, 6.07) is 109. The molecule has 0 unspecified atom stereocenters. The van der Waals surface area contributed by atoms with Gasteiger partial charge in [-0.25, -0.2) is 29.9 Å². The predicted molar refractivity (Wildman–Crippen MR) is 414 cm³/mol. The monoisotopic (exact) mass is 1330 g/mol. The summed E-state index contributed by atoms with van der Waals surface area (Å²) in [5.41, 5.74) is 27.3. The van der Waals surface area contributed by atoms with Crippen molar-refractivity contribution in [3.05, 3.63) is 376 Å². The van der Waals surface area contributed by atoms with E-state index in [1.165, 1.54) is 77.7 Å². The maximum absolute atomic E-state index is 7.41. The lowest BCUT2D eigenvalue weighted by Crippen LogP contribution is -2.32. The zero-order chi connectivity index (χ0) is 68.6. The van der Waals surface area contributed by atoms with Crippen molar-refractivity contribution in [1.29, 1.82) is 0 Å². The van der Waals surface area contributed by atoms with Crippen LogP contribution in [0.15, 0.2) is 309 Å². The normalized spacial score (nSPS) is 14.6. The van der Waals surface area contributed by atoms with E-state index in [-0.39, 0.29) is 5.41 Å². The topological polar surface area (TPSA) is 95.8 Å². The molecule has 0 atom stereocenters. The fourth-order valence-electron chi connectivity index (χ4n) is 18.3. The number of para-hydroxylation sites is 1. The van der Waals surface area contributed by atoms with Crippen LogP contribution in [-0.2, 0) is 22.7 Å². The van der Waals surface area contributed by atoms with Crippen molar-refractivity contribution < 1.29 is 9.47 Å². The minimum atomic E-state index is -0.718. The van der Waals surface area contributed by atoms with Crippen molar-refractivity contribution >= 4 is 16.8 Å². The molecule has 0 amide bonds. The average molecular weight is 1330 g/mol. The molecule has 8 heteroatoms. The predicted octanol–water partition coefficient (Wildman–Crippen LogP) is 22.7. The number of ether oxygens (including phenoxy) is 2. The summed E-state index contributed by atoms with van der Waals surface area (Å²) in [7, 11) is 0. The third-order valence-corrected chi connectivity index (χ3v) is 22.9. The lowest BCUT2D eigenvalue weighted by Gasteiger charge is -2.39. The molecular weight excluding hydrogens is 1270 g/mol. The van der Waals surface area contributed by atoms with Crippen LogP contribution < -0.4 is 9.47 Å². The van der Waals surface area contributed by atoms with E-state index in [0.29, 0.717) is 34.9 Å². The van der Waals surface area contributed by atoms with E-state index in [4.69, 9.17) is 39.4 Å². The van der Waals surface area contributed by atoms with Gasteiger partial charge in [0.2, 0.25) is 0 Å². The summed E-state index contributed by atoms with van der Waals surface area (Å²) in [5, 5.41) is 2.42. The number of nitrogens with zero attached hydrogens (tertiary/aromatic N) is 6. The van der Waals surface area contributed by atoms with Crippen LogP contribution in [0.25, 0.3) is 130 Å². The molecule has 8 nitrogen and oxygen atoms in total. The molecule has 0 radical (unpaired) electrons. The molecule has 2 aromatic heterocycles. The number of hydrogen-bond acceptors (Lipinski definition) is 8. The van der Waals surface area contributed by atoms with Gasteiger partial charge in [-0.2, -0.15) is 0 Å². The molecule has 4 aliphatic carbocycles. The highest BCUT2D eigenvalue weighted by atomic mass is 16.5. The summed E-state index contributed by atoms with van der Waals surface area (Å²) >= 11 is 0. The smallest absolute Gasteiger partial charge is 0.164 e. The number of hydrogen-bond donors (Lipinski definition) is 0. The first-order valence-electron chi connectivity index (χ1n) is 35.7. The number of benzene rings is 14. The van der Waals surface area contributed by atoms with Crippen molar-refractivity contribution in [2.75, 3.05) is 0 Å². The van der Waals surface area contributed by atoms with Gasteiger partial charge in [-0.3, -0.25) is 0 Å². The highest BCUT2D eigenvalue weighted by Gasteiger charge is 2.53. The Morgan fingerprint density at radius 2 is 0.644 bits per heavy atom. The van der Waals surface area contributed by atoms with Crippen molar-refractivity contribution in [3.8, 4) is 136 Å². The van der Waals surface area contributed by atoms with Crippen molar-refractivity contribution in [1.82, 2.24) is 29.9 Å². The van der Waals surface area contributed by atoms with Gasteiger partial charge in [-0.15, -0.1) is 0 Å². The van der Waals surface area contributed by atoms with Crippen LogP contribution in [-0.4, -0.2) is 29.9 Å². The van der Waals surface area contributed by atoms with Crippen LogP contribution in [0.3, 0.4) is 0 Å². The van der Waals surface area contributed by atoms with Crippen LogP contribution in [0, 0.1) is 0 Å². The van der Waals surface area contributed by atoms with E-state index >= 15 is 0 Å². The van der Waals surface area contributed by atoms with Crippen molar-refractivity contribution in [2.24, 2.45) is 0 Å². The van der Waals surface area contributed by atoms with E-state index in [2.05, 4.69) is 311 Å². The van der Waals surface area contributed by atoms with Crippen LogP contribution in [0.2, 0.25) is 0 Å². The zero-order valence-electron chi connectivity index (χ0n) is 56.7. The zero-order valence-corrected chi connectivity index (χ0v) is 56.7. The van der Waals surface area contributed by atoms with Crippen LogP contribution >= 0.6 is 0 Å². The highest BCUT2D eigenvalue weighted by molar-refractivity contribution is 5.99. The van der Waals surface area contributed by atoms with Gasteiger partial charge in [0.1, 0.15) is 23.0 Å². The first-order valence-corrected chi connectivity index (χ1v) is 35.7. The maximum atomic E-state index is 7.41. The quantitative estimate of drug-likeness (QED) is 0.156. The molecule has 6 aliphatic rings. The van der Waals surface area contributed by atoms with Crippen molar-refractivity contribution in [2.45, 2.75) is 36.5 Å². The van der Waals surface area contributed by atoms with E-state index in [1.54, 1.807) is 0 Å². The van der Waals surface area contributed by atoms with Crippen molar-refractivity contribution in [3.63, 3.8) is 0 Å². The number of rotatable bonds is 7.